The van der Waals surface area contributed by atoms with E-state index in [-0.39, 0.29) is 12.0 Å². The number of hydrogen-bond donors (Lipinski definition) is 1. The molecule has 0 aliphatic carbocycles. The fraction of sp³-hybridized carbons (Fsp3) is 0.429. The number of esters is 1. The minimum Gasteiger partial charge on any atom is -0.462 e. The highest BCUT2D eigenvalue weighted by atomic mass is 32.1. The zero-order valence-corrected chi connectivity index (χ0v) is 13.3. The van der Waals surface area contributed by atoms with E-state index in [1.165, 1.54) is 0 Å². The first-order valence-electron chi connectivity index (χ1n) is 7.18. The van der Waals surface area contributed by atoms with Crippen molar-refractivity contribution in [3.63, 3.8) is 0 Å². The van der Waals surface area contributed by atoms with Gasteiger partial charge in [-0.3, -0.25) is 0 Å². The second kappa shape index (κ2) is 6.27. The molecule has 1 unspecified atom stereocenters. The van der Waals surface area contributed by atoms with Crippen molar-refractivity contribution < 1.29 is 9.53 Å². The first-order chi connectivity index (χ1) is 10.7. The Morgan fingerprint density at radius 3 is 3.14 bits per heavy atom. The van der Waals surface area contributed by atoms with Gasteiger partial charge in [0.1, 0.15) is 6.04 Å². The number of fused-ring (bicyclic) bond motifs is 1. The van der Waals surface area contributed by atoms with E-state index in [2.05, 4.69) is 27.8 Å². The molecular weight excluding hydrogens is 302 g/mol. The fourth-order valence-electron chi connectivity index (χ4n) is 2.37. The van der Waals surface area contributed by atoms with E-state index in [1.54, 1.807) is 16.0 Å². The highest BCUT2D eigenvalue weighted by Crippen LogP contribution is 2.36. The quantitative estimate of drug-likeness (QED) is 0.673. The molecule has 3 rings (SSSR count). The Morgan fingerprint density at radius 2 is 2.41 bits per heavy atom. The van der Waals surface area contributed by atoms with Gasteiger partial charge in [-0.2, -0.15) is 4.68 Å². The Morgan fingerprint density at radius 1 is 1.55 bits per heavy atom. The molecule has 2 aromatic heterocycles. The number of allylic oxidation sites excluding steroid dienone is 1. The van der Waals surface area contributed by atoms with Gasteiger partial charge in [0.05, 0.1) is 12.2 Å². The summed E-state index contributed by atoms with van der Waals surface area (Å²) in [6.07, 6.45) is 1.83. The number of thiophene rings is 1. The molecule has 2 aromatic rings. The van der Waals surface area contributed by atoms with E-state index >= 15 is 0 Å². The van der Waals surface area contributed by atoms with Crippen LogP contribution in [-0.2, 0) is 9.53 Å². The van der Waals surface area contributed by atoms with Crippen LogP contribution in [0.1, 0.15) is 37.6 Å². The smallest absolute Gasteiger partial charge is 0.338 e. The third kappa shape index (κ3) is 2.61. The summed E-state index contributed by atoms with van der Waals surface area (Å²) in [5, 5.41) is 16.7. The molecule has 0 saturated heterocycles. The molecule has 0 radical (unpaired) electrons. The van der Waals surface area contributed by atoms with Crippen molar-refractivity contribution in [2.75, 3.05) is 11.9 Å². The van der Waals surface area contributed by atoms with Crippen molar-refractivity contribution in [1.82, 2.24) is 20.2 Å². The summed E-state index contributed by atoms with van der Waals surface area (Å²) in [7, 11) is 0. The van der Waals surface area contributed by atoms with Gasteiger partial charge < -0.3 is 10.1 Å². The van der Waals surface area contributed by atoms with Crippen LogP contribution >= 0.6 is 11.3 Å². The lowest BCUT2D eigenvalue weighted by Crippen LogP contribution is -2.29. The summed E-state index contributed by atoms with van der Waals surface area (Å²) in [6.45, 7) is 4.32. The van der Waals surface area contributed by atoms with E-state index in [9.17, 15) is 4.79 Å². The van der Waals surface area contributed by atoms with Crippen LogP contribution in [0.5, 0.6) is 0 Å². The number of hydrogen-bond acceptors (Lipinski definition) is 7. The van der Waals surface area contributed by atoms with Gasteiger partial charge in [-0.05, 0) is 35.2 Å². The molecule has 1 aliphatic heterocycles. The second-order valence-electron chi connectivity index (χ2n) is 5.02. The lowest BCUT2D eigenvalue weighted by molar-refractivity contribution is -0.139. The lowest BCUT2D eigenvalue weighted by atomic mass is 10.0. The van der Waals surface area contributed by atoms with Crippen molar-refractivity contribution in [1.29, 1.82) is 0 Å². The summed E-state index contributed by atoms with van der Waals surface area (Å²) >= 11 is 1.56. The molecule has 0 fully saturated rings. The van der Waals surface area contributed by atoms with Crippen molar-refractivity contribution in [3.8, 4) is 0 Å². The maximum absolute atomic E-state index is 12.5. The summed E-state index contributed by atoms with van der Waals surface area (Å²) in [6, 6.07) is 3.57. The molecule has 0 spiro atoms. The number of carbonyl (C=O) groups is 1. The van der Waals surface area contributed by atoms with Gasteiger partial charge >= 0.3 is 5.97 Å². The topological polar surface area (TPSA) is 81.9 Å². The zero-order chi connectivity index (χ0) is 15.5. The molecule has 8 heteroatoms. The van der Waals surface area contributed by atoms with Crippen LogP contribution in [0, 0.1) is 0 Å². The van der Waals surface area contributed by atoms with E-state index in [0.29, 0.717) is 18.1 Å². The molecule has 1 aliphatic rings. The number of carbonyl (C=O) groups excluding carboxylic acids is 1. The van der Waals surface area contributed by atoms with E-state index in [1.807, 2.05) is 24.4 Å². The average Bonchev–Trinajstić information content (AvgIpc) is 3.16. The summed E-state index contributed by atoms with van der Waals surface area (Å²) < 4.78 is 7.02. The third-order valence-electron chi connectivity index (χ3n) is 3.48. The predicted octanol–water partition coefficient (Wildman–Crippen LogP) is 2.37. The third-order valence-corrected chi connectivity index (χ3v) is 4.40. The minimum absolute atomic E-state index is 0.321. The first-order valence-corrected chi connectivity index (χ1v) is 8.06. The lowest BCUT2D eigenvalue weighted by Gasteiger charge is -2.26. The van der Waals surface area contributed by atoms with Gasteiger partial charge in [0, 0.05) is 10.6 Å². The Kier molecular flexibility index (Phi) is 4.19. The molecule has 0 amide bonds. The number of tetrazole rings is 1. The maximum atomic E-state index is 12.5. The van der Waals surface area contributed by atoms with Gasteiger partial charge in [0.2, 0.25) is 5.95 Å². The maximum Gasteiger partial charge on any atom is 0.338 e. The second-order valence-corrected chi connectivity index (χ2v) is 6.00. The highest BCUT2D eigenvalue weighted by molar-refractivity contribution is 7.10. The van der Waals surface area contributed by atoms with E-state index < -0.39 is 0 Å². The van der Waals surface area contributed by atoms with Gasteiger partial charge in [-0.1, -0.05) is 24.5 Å². The monoisotopic (exact) mass is 319 g/mol. The number of unbranched alkanes of at least 4 members (excludes halogenated alkanes) is 1. The van der Waals surface area contributed by atoms with Crippen molar-refractivity contribution in [3.05, 3.63) is 33.7 Å². The van der Waals surface area contributed by atoms with Crippen molar-refractivity contribution >= 4 is 23.3 Å². The molecule has 0 saturated carbocycles. The number of rotatable bonds is 5. The normalized spacial score (nSPS) is 17.1. The van der Waals surface area contributed by atoms with Crippen LogP contribution in [0.4, 0.5) is 5.95 Å². The first kappa shape index (κ1) is 14.7. The van der Waals surface area contributed by atoms with Gasteiger partial charge in [0.15, 0.2) is 0 Å². The van der Waals surface area contributed by atoms with Crippen molar-refractivity contribution in [2.45, 2.75) is 32.7 Å². The van der Waals surface area contributed by atoms with Crippen LogP contribution in [-0.4, -0.2) is 32.8 Å². The number of nitrogens with one attached hydrogen (secondary N) is 1. The van der Waals surface area contributed by atoms with Crippen LogP contribution in [0.3, 0.4) is 0 Å². The Labute approximate surface area is 132 Å². The Balaban J connectivity index is 1.96. The molecule has 116 valence electrons. The standard InChI is InChI=1S/C14H17N5O2S/c1-3-4-7-21-13(20)11-9(2)15-14-16-17-18-19(14)12(11)10-6-5-8-22-10/h5-6,8,12H,3-4,7H2,1-2H3,(H,15,16,18). The fourth-order valence-corrected chi connectivity index (χ4v) is 3.19. The molecule has 3 heterocycles. The largest absolute Gasteiger partial charge is 0.462 e. The zero-order valence-electron chi connectivity index (χ0n) is 12.4. The predicted molar refractivity (Wildman–Crippen MR) is 82.5 cm³/mol. The molecule has 1 atom stereocenters. The van der Waals surface area contributed by atoms with Gasteiger partial charge in [-0.15, -0.1) is 11.3 Å². The average molecular weight is 319 g/mol. The molecule has 0 aromatic carbocycles. The molecule has 1 N–H and O–H groups in total. The van der Waals surface area contributed by atoms with Crippen LogP contribution in [0.15, 0.2) is 28.8 Å². The van der Waals surface area contributed by atoms with Crippen LogP contribution in [0.25, 0.3) is 0 Å². The van der Waals surface area contributed by atoms with Crippen LogP contribution in [0.2, 0.25) is 0 Å². The number of ether oxygens (including phenoxy) is 1. The summed E-state index contributed by atoms with van der Waals surface area (Å²) in [5.74, 6) is 0.207. The SMILES string of the molecule is CCCCOC(=O)C1=C(C)Nc2nnnn2C1c1cccs1. The van der Waals surface area contributed by atoms with E-state index in [4.69, 9.17) is 4.74 Å². The van der Waals surface area contributed by atoms with Crippen molar-refractivity contribution in [2.24, 2.45) is 0 Å². The van der Waals surface area contributed by atoms with Gasteiger partial charge in [0.25, 0.3) is 0 Å². The van der Waals surface area contributed by atoms with Crippen LogP contribution < -0.4 is 5.32 Å². The minimum atomic E-state index is -0.347. The number of aromatic nitrogens is 4. The van der Waals surface area contributed by atoms with Gasteiger partial charge in [-0.25, -0.2) is 4.79 Å². The Bertz CT molecular complexity index is 692. The molecular formula is C14H17N5O2S. The number of nitrogens with zero attached hydrogens (tertiary/aromatic N) is 4. The highest BCUT2D eigenvalue weighted by Gasteiger charge is 2.35. The Hall–Kier alpha value is -2.22. The van der Waals surface area contributed by atoms with E-state index in [0.717, 1.165) is 23.4 Å². The molecule has 7 nitrogen and oxygen atoms in total. The summed E-state index contributed by atoms with van der Waals surface area (Å²) in [5.41, 5.74) is 1.28. The number of anilines is 1. The molecule has 0 bridgehead atoms. The summed E-state index contributed by atoms with van der Waals surface area (Å²) in [4.78, 5) is 13.5. The molecule has 22 heavy (non-hydrogen) atoms.